The lowest BCUT2D eigenvalue weighted by atomic mass is 10.1. The van der Waals surface area contributed by atoms with Crippen molar-refractivity contribution in [2.24, 2.45) is 7.05 Å². The maximum absolute atomic E-state index is 13.3. The summed E-state index contributed by atoms with van der Waals surface area (Å²) in [7, 11) is 3.39. The zero-order chi connectivity index (χ0) is 23.3. The Kier molecular flexibility index (Phi) is 5.34. The number of aromatic nitrogens is 3. The second-order valence-electron chi connectivity index (χ2n) is 8.55. The first-order chi connectivity index (χ1) is 15.8. The number of nitrogens with zero attached hydrogens (tertiary/aromatic N) is 4. The van der Waals surface area contributed by atoms with E-state index in [4.69, 9.17) is 4.74 Å². The van der Waals surface area contributed by atoms with E-state index in [0.717, 1.165) is 28.9 Å². The van der Waals surface area contributed by atoms with Gasteiger partial charge in [0.25, 0.3) is 11.1 Å². The first-order valence-corrected chi connectivity index (χ1v) is 11.6. The number of nitrogens with one attached hydrogen (secondary N) is 2. The van der Waals surface area contributed by atoms with E-state index in [2.05, 4.69) is 39.5 Å². The highest BCUT2D eigenvalue weighted by atomic mass is 32.1. The number of rotatable bonds is 4. The molecule has 0 unspecified atom stereocenters. The third kappa shape index (κ3) is 3.96. The lowest BCUT2D eigenvalue weighted by Gasteiger charge is -2.37. The van der Waals surface area contributed by atoms with Gasteiger partial charge in [-0.2, -0.15) is 5.10 Å². The maximum atomic E-state index is 13.3. The number of hydrogen-bond donors (Lipinski definition) is 3. The van der Waals surface area contributed by atoms with Crippen molar-refractivity contribution in [2.75, 3.05) is 30.4 Å². The van der Waals surface area contributed by atoms with Crippen molar-refractivity contribution in [3.8, 4) is 10.9 Å². The first-order valence-electron chi connectivity index (χ1n) is 10.8. The van der Waals surface area contributed by atoms with Gasteiger partial charge >= 0.3 is 0 Å². The van der Waals surface area contributed by atoms with Crippen molar-refractivity contribution < 1.29 is 14.6 Å². The van der Waals surface area contributed by atoms with Gasteiger partial charge in [-0.25, -0.2) is 4.98 Å². The minimum absolute atomic E-state index is 0.0398. The second-order valence-corrected chi connectivity index (χ2v) is 9.51. The molecule has 5 rings (SSSR count). The minimum Gasteiger partial charge on any atom is -0.506 e. The molecule has 0 spiro atoms. The number of benzene rings is 2. The fourth-order valence-corrected chi connectivity index (χ4v) is 5.44. The van der Waals surface area contributed by atoms with E-state index in [1.54, 1.807) is 30.0 Å². The van der Waals surface area contributed by atoms with E-state index in [1.165, 1.54) is 11.3 Å². The largest absolute Gasteiger partial charge is 0.506 e. The highest BCUT2D eigenvalue weighted by Gasteiger charge is 2.26. The van der Waals surface area contributed by atoms with Crippen LogP contribution in [0.15, 0.2) is 30.5 Å². The Morgan fingerprint density at radius 3 is 2.76 bits per heavy atom. The van der Waals surface area contributed by atoms with Crippen LogP contribution in [-0.2, 0) is 7.05 Å². The molecule has 1 amide bonds. The van der Waals surface area contributed by atoms with E-state index in [-0.39, 0.29) is 11.7 Å². The van der Waals surface area contributed by atoms with Crippen LogP contribution in [0.2, 0.25) is 0 Å². The van der Waals surface area contributed by atoms with Gasteiger partial charge < -0.3 is 25.4 Å². The molecule has 10 heteroatoms. The number of thiazole rings is 1. The molecule has 1 aliphatic rings. The van der Waals surface area contributed by atoms with Gasteiger partial charge in [0.15, 0.2) is 0 Å². The summed E-state index contributed by atoms with van der Waals surface area (Å²) in [4.78, 5) is 20.2. The fraction of sp³-hybridized carbons (Fsp3) is 0.348. The molecular formula is C23H26N6O3S. The second kappa shape index (κ2) is 8.20. The number of aryl methyl sites for hydroxylation is 1. The summed E-state index contributed by atoms with van der Waals surface area (Å²) in [6.07, 6.45) is 1.83. The molecule has 4 aromatic rings. The number of phenols is 1. The van der Waals surface area contributed by atoms with Crippen LogP contribution in [0.5, 0.6) is 10.9 Å². The molecule has 33 heavy (non-hydrogen) atoms. The van der Waals surface area contributed by atoms with E-state index >= 15 is 0 Å². The van der Waals surface area contributed by atoms with Gasteiger partial charge in [-0.15, -0.1) is 0 Å². The topological polar surface area (TPSA) is 105 Å². The van der Waals surface area contributed by atoms with Crippen LogP contribution in [0, 0.1) is 0 Å². The molecule has 3 heterocycles. The molecule has 0 aliphatic carbocycles. The SMILES string of the molecule is COc1nc2c(C(=O)Nc3cc4cn(C)nc4cc3O)ccc(N3C[C@H](C)N[C@@H](C)C3)c2s1. The number of methoxy groups -OCH3 is 1. The highest BCUT2D eigenvalue weighted by Crippen LogP contribution is 2.38. The fourth-order valence-electron chi connectivity index (χ4n) is 4.49. The number of phenolic OH excluding ortho intramolecular Hbond substituents is 1. The lowest BCUT2D eigenvalue weighted by Crippen LogP contribution is -2.54. The Labute approximate surface area is 195 Å². The van der Waals surface area contributed by atoms with Crippen molar-refractivity contribution in [1.82, 2.24) is 20.1 Å². The molecule has 0 saturated carbocycles. The average molecular weight is 467 g/mol. The number of hydrogen-bond acceptors (Lipinski definition) is 8. The predicted octanol–water partition coefficient (Wildman–Crippen LogP) is 3.34. The maximum Gasteiger partial charge on any atom is 0.274 e. The minimum atomic E-state index is -0.347. The van der Waals surface area contributed by atoms with E-state index in [1.807, 2.05) is 19.3 Å². The summed E-state index contributed by atoms with van der Waals surface area (Å²) >= 11 is 1.43. The number of piperazine rings is 1. The Hall–Kier alpha value is -3.37. The Morgan fingerprint density at radius 1 is 1.27 bits per heavy atom. The molecule has 9 nitrogen and oxygen atoms in total. The smallest absolute Gasteiger partial charge is 0.274 e. The third-order valence-electron chi connectivity index (χ3n) is 5.81. The van der Waals surface area contributed by atoms with Crippen LogP contribution >= 0.6 is 11.3 Å². The molecule has 2 atom stereocenters. The number of amides is 1. The van der Waals surface area contributed by atoms with Gasteiger partial charge in [0.2, 0.25) is 0 Å². The van der Waals surface area contributed by atoms with Gasteiger partial charge in [0.05, 0.1) is 34.3 Å². The van der Waals surface area contributed by atoms with Crippen molar-refractivity contribution in [1.29, 1.82) is 0 Å². The normalized spacial score (nSPS) is 18.7. The van der Waals surface area contributed by atoms with Crippen molar-refractivity contribution in [3.05, 3.63) is 36.0 Å². The molecule has 172 valence electrons. The molecule has 0 radical (unpaired) electrons. The van der Waals surface area contributed by atoms with Crippen LogP contribution in [0.3, 0.4) is 0 Å². The van der Waals surface area contributed by atoms with E-state index in [0.29, 0.717) is 39.6 Å². The van der Waals surface area contributed by atoms with Crippen LogP contribution in [0.1, 0.15) is 24.2 Å². The number of aromatic hydroxyl groups is 1. The number of fused-ring (bicyclic) bond motifs is 2. The number of carbonyl (C=O) groups is 1. The summed E-state index contributed by atoms with van der Waals surface area (Å²) in [6, 6.07) is 7.74. The first kappa shape index (κ1) is 21.5. The van der Waals surface area contributed by atoms with Crippen LogP contribution in [0.25, 0.3) is 21.1 Å². The monoisotopic (exact) mass is 466 g/mol. The van der Waals surface area contributed by atoms with E-state index < -0.39 is 0 Å². The van der Waals surface area contributed by atoms with Crippen molar-refractivity contribution in [2.45, 2.75) is 25.9 Å². The Morgan fingerprint density at radius 2 is 2.03 bits per heavy atom. The van der Waals surface area contributed by atoms with Crippen LogP contribution < -0.4 is 20.3 Å². The van der Waals surface area contributed by atoms with E-state index in [9.17, 15) is 9.90 Å². The summed E-state index contributed by atoms with van der Waals surface area (Å²) < 4.78 is 7.98. The number of anilines is 2. The Balaban J connectivity index is 1.52. The van der Waals surface area contributed by atoms with Gasteiger partial charge in [-0.1, -0.05) is 11.3 Å². The summed E-state index contributed by atoms with van der Waals surface area (Å²) in [5.74, 6) is -0.387. The highest BCUT2D eigenvalue weighted by molar-refractivity contribution is 7.21. The number of carbonyl (C=O) groups excluding carboxylic acids is 1. The quantitative estimate of drug-likeness (QED) is 0.396. The standard InChI is InChI=1S/C23H26N6O3S/c1-12-9-29(10-13(2)24-12)18-6-5-15(20-21(18)33-23(26-20)32-4)22(31)25-17-7-14-11-28(3)27-16(14)8-19(17)30/h5-8,11-13,24,30H,9-10H2,1-4H3,(H,25,31)/t12-,13-/m0/s1. The number of ether oxygens (including phenoxy) is 1. The van der Waals surface area contributed by atoms with Crippen molar-refractivity contribution >= 4 is 49.7 Å². The van der Waals surface area contributed by atoms with Gasteiger partial charge in [-0.05, 0) is 32.0 Å². The van der Waals surface area contributed by atoms with Gasteiger partial charge in [0, 0.05) is 49.9 Å². The summed E-state index contributed by atoms with van der Waals surface area (Å²) in [5, 5.41) is 22.4. The molecule has 1 fully saturated rings. The van der Waals surface area contributed by atoms with Gasteiger partial charge in [-0.3, -0.25) is 9.48 Å². The predicted molar refractivity (Wildman–Crippen MR) is 131 cm³/mol. The van der Waals surface area contributed by atoms with Crippen molar-refractivity contribution in [3.63, 3.8) is 0 Å². The average Bonchev–Trinajstić information content (AvgIpc) is 3.34. The summed E-state index contributed by atoms with van der Waals surface area (Å²) in [5.41, 5.74) is 3.04. The molecule has 0 bridgehead atoms. The van der Waals surface area contributed by atoms with Gasteiger partial charge in [0.1, 0.15) is 11.3 Å². The van der Waals surface area contributed by atoms with Crippen LogP contribution in [-0.4, -0.2) is 58.1 Å². The molecular weight excluding hydrogens is 440 g/mol. The third-order valence-corrected chi connectivity index (χ3v) is 6.84. The molecule has 1 saturated heterocycles. The lowest BCUT2D eigenvalue weighted by molar-refractivity contribution is 0.102. The zero-order valence-electron chi connectivity index (χ0n) is 18.9. The Bertz CT molecular complexity index is 1350. The zero-order valence-corrected chi connectivity index (χ0v) is 19.7. The summed E-state index contributed by atoms with van der Waals surface area (Å²) in [6.45, 7) is 6.06. The molecule has 2 aromatic carbocycles. The molecule has 2 aromatic heterocycles. The molecule has 3 N–H and O–H groups in total. The molecule has 1 aliphatic heterocycles. The van der Waals surface area contributed by atoms with Crippen LogP contribution in [0.4, 0.5) is 11.4 Å².